The van der Waals surface area contributed by atoms with Crippen LogP contribution in [-0.4, -0.2) is 22.5 Å². The molecule has 1 atom stereocenters. The van der Waals surface area contributed by atoms with E-state index in [0.717, 1.165) is 5.69 Å². The molecule has 132 valence electrons. The first-order chi connectivity index (χ1) is 11.9. The second-order valence-electron chi connectivity index (χ2n) is 4.90. The molecule has 0 unspecified atom stereocenters. The molecule has 0 aliphatic carbocycles. The zero-order valence-corrected chi connectivity index (χ0v) is 15.1. The summed E-state index contributed by atoms with van der Waals surface area (Å²) < 4.78 is 10.5. The van der Waals surface area contributed by atoms with E-state index in [1.165, 1.54) is 0 Å². The highest BCUT2D eigenvalue weighted by atomic mass is 35.6. The Hall–Kier alpha value is -1.89. The molecule has 0 bridgehead atoms. The van der Waals surface area contributed by atoms with Crippen LogP contribution in [0.15, 0.2) is 64.8 Å². The van der Waals surface area contributed by atoms with E-state index < -0.39 is 22.5 Å². The number of nitrogens with one attached hydrogen (secondary N) is 2. The minimum Gasteiger partial charge on any atom is -0.362 e. The Labute approximate surface area is 159 Å². The second kappa shape index (κ2) is 8.99. The first-order valence-corrected chi connectivity index (χ1v) is 8.27. The van der Waals surface area contributed by atoms with Crippen molar-refractivity contribution >= 4 is 57.8 Å². The molecule has 0 heterocycles. The molecule has 0 aliphatic heterocycles. The van der Waals surface area contributed by atoms with Gasteiger partial charge in [0.2, 0.25) is 3.79 Å². The third-order valence-electron chi connectivity index (χ3n) is 2.97. The van der Waals surface area contributed by atoms with Gasteiger partial charge in [-0.3, -0.25) is 4.79 Å². The van der Waals surface area contributed by atoms with E-state index in [2.05, 4.69) is 20.9 Å². The van der Waals surface area contributed by atoms with E-state index >= 15 is 0 Å². The van der Waals surface area contributed by atoms with E-state index in [1.54, 1.807) is 24.3 Å². The van der Waals surface area contributed by atoms with Crippen molar-refractivity contribution in [2.45, 2.75) is 9.96 Å². The van der Waals surface area contributed by atoms with Crippen LogP contribution in [0.4, 0.5) is 21.5 Å². The lowest BCUT2D eigenvalue weighted by molar-refractivity contribution is -0.122. The van der Waals surface area contributed by atoms with Gasteiger partial charge in [-0.2, -0.15) is 10.2 Å². The van der Waals surface area contributed by atoms with Gasteiger partial charge in [0, 0.05) is 5.69 Å². The van der Waals surface area contributed by atoms with Crippen molar-refractivity contribution in [2.75, 3.05) is 12.0 Å². The maximum absolute atomic E-state index is 12.4. The summed E-state index contributed by atoms with van der Waals surface area (Å²) in [6.07, 6.45) is -1.10. The molecule has 1 amide bonds. The van der Waals surface area contributed by atoms with Crippen LogP contribution in [0.5, 0.6) is 0 Å². The minimum atomic E-state index is -1.86. The van der Waals surface area contributed by atoms with Crippen LogP contribution in [0.25, 0.3) is 0 Å². The maximum atomic E-state index is 12.4. The lowest BCUT2D eigenvalue weighted by Gasteiger charge is -2.27. The summed E-state index contributed by atoms with van der Waals surface area (Å²) in [6, 6.07) is 16.0. The van der Waals surface area contributed by atoms with Gasteiger partial charge in [0.15, 0.2) is 6.67 Å². The first kappa shape index (κ1) is 19.4. The largest absolute Gasteiger partial charge is 0.362 e. The lowest BCUT2D eigenvalue weighted by atomic mass is 10.3. The number of hydrogen-bond donors (Lipinski definition) is 2. The van der Waals surface area contributed by atoms with Crippen molar-refractivity contribution in [2.24, 2.45) is 10.2 Å². The van der Waals surface area contributed by atoms with Gasteiger partial charge in [-0.15, -0.1) is 0 Å². The number of anilines is 1. The number of rotatable bonds is 6. The van der Waals surface area contributed by atoms with Crippen molar-refractivity contribution in [1.82, 2.24) is 5.32 Å². The number of carbonyl (C=O) groups is 1. The highest BCUT2D eigenvalue weighted by molar-refractivity contribution is 6.68. The average Bonchev–Trinajstić information content (AvgIpc) is 2.60. The van der Waals surface area contributed by atoms with Crippen LogP contribution in [-0.2, 0) is 4.79 Å². The number of alkyl halides is 4. The fourth-order valence-electron chi connectivity index (χ4n) is 1.80. The fraction of sp³-hybridized carbons (Fsp3) is 0.188. The highest BCUT2D eigenvalue weighted by Gasteiger charge is 2.33. The number of benzene rings is 2. The molecule has 0 saturated carbocycles. The predicted molar refractivity (Wildman–Crippen MR) is 98.9 cm³/mol. The van der Waals surface area contributed by atoms with Crippen molar-refractivity contribution in [3.8, 4) is 0 Å². The van der Waals surface area contributed by atoms with E-state index in [0.29, 0.717) is 11.4 Å². The molecule has 0 spiro atoms. The summed E-state index contributed by atoms with van der Waals surface area (Å²) in [6.45, 7) is -1.21. The maximum Gasteiger partial charge on any atom is 0.253 e. The van der Waals surface area contributed by atoms with Crippen LogP contribution in [0.2, 0.25) is 0 Å². The van der Waals surface area contributed by atoms with Crippen LogP contribution in [0.3, 0.4) is 0 Å². The molecule has 0 radical (unpaired) electrons. The van der Waals surface area contributed by atoms with Gasteiger partial charge in [0.1, 0.15) is 6.17 Å². The molecule has 0 fully saturated rings. The topological polar surface area (TPSA) is 65.8 Å². The van der Waals surface area contributed by atoms with Crippen molar-refractivity contribution in [3.05, 3.63) is 54.6 Å². The summed E-state index contributed by atoms with van der Waals surface area (Å²) in [5, 5.41) is 13.3. The van der Waals surface area contributed by atoms with Crippen molar-refractivity contribution in [1.29, 1.82) is 0 Å². The van der Waals surface area contributed by atoms with Gasteiger partial charge in [-0.1, -0.05) is 53.0 Å². The Morgan fingerprint density at radius 1 is 1.00 bits per heavy atom. The Balaban J connectivity index is 2.05. The van der Waals surface area contributed by atoms with Crippen LogP contribution in [0, 0.1) is 0 Å². The molecule has 2 aromatic carbocycles. The summed E-state index contributed by atoms with van der Waals surface area (Å²) in [7, 11) is 0. The van der Waals surface area contributed by atoms with E-state index in [1.807, 2.05) is 30.3 Å². The zero-order chi connectivity index (χ0) is 18.3. The van der Waals surface area contributed by atoms with E-state index in [-0.39, 0.29) is 0 Å². The molecule has 2 rings (SSSR count). The molecular formula is C16H14Cl3FN4O. The molecule has 5 nitrogen and oxygen atoms in total. The number of azo groups is 1. The Bertz CT molecular complexity index is 720. The predicted octanol–water partition coefficient (Wildman–Crippen LogP) is 5.30. The third kappa shape index (κ3) is 6.49. The smallest absolute Gasteiger partial charge is 0.253 e. The van der Waals surface area contributed by atoms with Gasteiger partial charge in [0.25, 0.3) is 5.91 Å². The average molecular weight is 404 g/mol. The van der Waals surface area contributed by atoms with Gasteiger partial charge in [-0.05, 0) is 36.4 Å². The van der Waals surface area contributed by atoms with Gasteiger partial charge in [-0.25, -0.2) is 4.39 Å². The molecule has 0 saturated heterocycles. The molecular weight excluding hydrogens is 390 g/mol. The fourth-order valence-corrected chi connectivity index (χ4v) is 2.13. The third-order valence-corrected chi connectivity index (χ3v) is 3.62. The molecule has 0 aromatic heterocycles. The summed E-state index contributed by atoms with van der Waals surface area (Å²) >= 11 is 17.4. The summed E-state index contributed by atoms with van der Waals surface area (Å²) in [5.74, 6) is -0.892. The van der Waals surface area contributed by atoms with Gasteiger partial charge >= 0.3 is 0 Å². The molecule has 2 aromatic rings. The molecule has 25 heavy (non-hydrogen) atoms. The number of hydrogen-bond acceptors (Lipinski definition) is 4. The normalized spacial score (nSPS) is 12.8. The number of nitrogens with zero attached hydrogens (tertiary/aromatic N) is 2. The minimum absolute atomic E-state index is 0.550. The molecule has 0 aliphatic rings. The summed E-state index contributed by atoms with van der Waals surface area (Å²) in [4.78, 5) is 11.2. The van der Waals surface area contributed by atoms with Crippen molar-refractivity contribution in [3.63, 3.8) is 0 Å². The van der Waals surface area contributed by atoms with Gasteiger partial charge < -0.3 is 10.6 Å². The van der Waals surface area contributed by atoms with E-state index in [9.17, 15) is 9.18 Å². The molecule has 2 N–H and O–H groups in total. The Kier molecular flexibility index (Phi) is 6.99. The Morgan fingerprint density at radius 2 is 1.56 bits per heavy atom. The zero-order valence-electron chi connectivity index (χ0n) is 12.8. The first-order valence-electron chi connectivity index (χ1n) is 7.14. The van der Waals surface area contributed by atoms with Crippen LogP contribution >= 0.6 is 34.8 Å². The number of halogens is 4. The lowest BCUT2D eigenvalue weighted by Crippen LogP contribution is -2.49. The van der Waals surface area contributed by atoms with Crippen molar-refractivity contribution < 1.29 is 9.18 Å². The highest BCUT2D eigenvalue weighted by Crippen LogP contribution is 2.31. The number of amides is 1. The quantitative estimate of drug-likeness (QED) is 0.391. The second-order valence-corrected chi connectivity index (χ2v) is 7.27. The molecule has 9 heteroatoms. The SMILES string of the molecule is O=C(CF)N[C@@H](Nc1ccc(N=Nc2ccccc2)cc1)C(Cl)(Cl)Cl. The Morgan fingerprint density at radius 3 is 2.08 bits per heavy atom. The van der Waals surface area contributed by atoms with Crippen LogP contribution in [0.1, 0.15) is 0 Å². The van der Waals surface area contributed by atoms with E-state index in [4.69, 9.17) is 34.8 Å². The monoisotopic (exact) mass is 402 g/mol. The van der Waals surface area contributed by atoms with Crippen LogP contribution < -0.4 is 10.6 Å². The summed E-state index contributed by atoms with van der Waals surface area (Å²) in [5.41, 5.74) is 1.90. The number of carbonyl (C=O) groups excluding carboxylic acids is 1. The van der Waals surface area contributed by atoms with Gasteiger partial charge in [0.05, 0.1) is 11.4 Å². The standard InChI is InChI=1S/C16H14Cl3FN4O/c17-16(18,19)15(22-14(25)10-20)21-11-6-8-13(9-7-11)24-23-12-4-2-1-3-5-12/h1-9,15,21H,10H2,(H,22,25)/t15-/m1/s1.